The number of hydrogen-bond acceptors (Lipinski definition) is 5. The lowest BCUT2D eigenvalue weighted by molar-refractivity contribution is -0.116. The molecule has 7 nitrogen and oxygen atoms in total. The molecule has 0 saturated heterocycles. The molecule has 0 atom stereocenters. The first-order chi connectivity index (χ1) is 14.4. The van der Waals surface area contributed by atoms with Crippen molar-refractivity contribution in [1.29, 1.82) is 0 Å². The van der Waals surface area contributed by atoms with E-state index in [4.69, 9.17) is 11.6 Å². The van der Waals surface area contributed by atoms with Crippen LogP contribution >= 0.6 is 23.4 Å². The number of aromatic nitrogens is 3. The fourth-order valence-electron chi connectivity index (χ4n) is 2.62. The molecule has 0 unspecified atom stereocenters. The number of rotatable bonds is 8. The summed E-state index contributed by atoms with van der Waals surface area (Å²) in [4.78, 5) is 24.4. The van der Waals surface area contributed by atoms with Crippen molar-refractivity contribution in [2.24, 2.45) is 0 Å². The van der Waals surface area contributed by atoms with E-state index in [9.17, 15) is 14.0 Å². The van der Waals surface area contributed by atoms with Crippen LogP contribution in [0.2, 0.25) is 5.02 Å². The van der Waals surface area contributed by atoms with E-state index in [0.29, 0.717) is 33.9 Å². The highest BCUT2D eigenvalue weighted by atomic mass is 35.5. The molecule has 156 valence electrons. The summed E-state index contributed by atoms with van der Waals surface area (Å²) in [5.41, 5.74) is 1.15. The third-order valence-electron chi connectivity index (χ3n) is 4.02. The van der Waals surface area contributed by atoms with Gasteiger partial charge in [-0.25, -0.2) is 4.39 Å². The van der Waals surface area contributed by atoms with E-state index in [0.717, 1.165) is 0 Å². The van der Waals surface area contributed by atoms with Crippen molar-refractivity contribution in [1.82, 2.24) is 14.8 Å². The van der Waals surface area contributed by atoms with E-state index in [1.165, 1.54) is 36.0 Å². The van der Waals surface area contributed by atoms with E-state index in [1.807, 2.05) is 6.92 Å². The van der Waals surface area contributed by atoms with Crippen molar-refractivity contribution in [3.05, 3.63) is 65.2 Å². The third-order valence-corrected chi connectivity index (χ3v) is 5.24. The van der Waals surface area contributed by atoms with Gasteiger partial charge in [0.15, 0.2) is 5.16 Å². The van der Waals surface area contributed by atoms with E-state index in [-0.39, 0.29) is 29.8 Å². The standard InChI is InChI=1S/C20H19ClFN5O2S/c1-2-27-17(11-18(28)23-15-7-3-13(21)4-8-15)25-26-20(27)30-12-19(29)24-16-9-5-14(22)6-10-16/h3-10H,2,11-12H2,1H3,(H,23,28)(H,24,29). The second-order valence-corrected chi connectivity index (χ2v) is 7.60. The first-order valence-corrected chi connectivity index (χ1v) is 10.5. The van der Waals surface area contributed by atoms with Gasteiger partial charge in [-0.1, -0.05) is 23.4 Å². The minimum absolute atomic E-state index is 0.0474. The summed E-state index contributed by atoms with van der Waals surface area (Å²) in [5.74, 6) is -0.243. The lowest BCUT2D eigenvalue weighted by Crippen LogP contribution is -2.18. The van der Waals surface area contributed by atoms with Crippen molar-refractivity contribution in [3.8, 4) is 0 Å². The molecule has 3 rings (SSSR count). The van der Waals surface area contributed by atoms with Crippen molar-refractivity contribution in [2.75, 3.05) is 16.4 Å². The Hall–Kier alpha value is -2.91. The van der Waals surface area contributed by atoms with Gasteiger partial charge in [0.1, 0.15) is 11.6 Å². The van der Waals surface area contributed by atoms with Crippen LogP contribution in [-0.2, 0) is 22.6 Å². The number of thioether (sulfide) groups is 1. The molecule has 0 fully saturated rings. The smallest absolute Gasteiger partial charge is 0.234 e. The van der Waals surface area contributed by atoms with Crippen LogP contribution in [0.3, 0.4) is 0 Å². The summed E-state index contributed by atoms with van der Waals surface area (Å²) in [6, 6.07) is 12.3. The molecule has 30 heavy (non-hydrogen) atoms. The maximum absolute atomic E-state index is 12.9. The zero-order chi connectivity index (χ0) is 21.5. The van der Waals surface area contributed by atoms with Gasteiger partial charge in [-0.2, -0.15) is 0 Å². The molecular formula is C20H19ClFN5O2S. The fraction of sp³-hybridized carbons (Fsp3) is 0.200. The van der Waals surface area contributed by atoms with Gasteiger partial charge in [-0.15, -0.1) is 10.2 Å². The number of carbonyl (C=O) groups is 2. The first-order valence-electron chi connectivity index (χ1n) is 9.10. The van der Waals surface area contributed by atoms with Gasteiger partial charge in [0, 0.05) is 22.9 Å². The average molecular weight is 448 g/mol. The normalized spacial score (nSPS) is 10.6. The summed E-state index contributed by atoms with van der Waals surface area (Å²) in [7, 11) is 0. The number of nitrogens with one attached hydrogen (secondary N) is 2. The molecule has 1 aromatic heterocycles. The van der Waals surface area contributed by atoms with E-state index in [1.54, 1.807) is 28.8 Å². The van der Waals surface area contributed by atoms with Gasteiger partial charge >= 0.3 is 0 Å². The molecule has 2 aromatic carbocycles. The SMILES string of the molecule is CCn1c(CC(=O)Nc2ccc(Cl)cc2)nnc1SCC(=O)Nc1ccc(F)cc1. The topological polar surface area (TPSA) is 88.9 Å². The summed E-state index contributed by atoms with van der Waals surface area (Å²) < 4.78 is 14.7. The molecule has 0 radical (unpaired) electrons. The molecule has 0 saturated carbocycles. The minimum atomic E-state index is -0.369. The molecule has 1 heterocycles. The minimum Gasteiger partial charge on any atom is -0.326 e. The third kappa shape index (κ3) is 6.04. The molecule has 0 aliphatic rings. The van der Waals surface area contributed by atoms with Crippen LogP contribution in [0.4, 0.5) is 15.8 Å². The van der Waals surface area contributed by atoms with Gasteiger partial charge in [0.2, 0.25) is 11.8 Å². The first kappa shape index (κ1) is 21.8. The number of amides is 2. The monoisotopic (exact) mass is 447 g/mol. The van der Waals surface area contributed by atoms with Crippen LogP contribution < -0.4 is 10.6 Å². The number of hydrogen-bond donors (Lipinski definition) is 2. The van der Waals surface area contributed by atoms with Gasteiger partial charge in [0.05, 0.1) is 12.2 Å². The zero-order valence-corrected chi connectivity index (χ0v) is 17.6. The average Bonchev–Trinajstić information content (AvgIpc) is 3.11. The Balaban J connectivity index is 1.56. The molecule has 0 bridgehead atoms. The van der Waals surface area contributed by atoms with Crippen LogP contribution in [0.25, 0.3) is 0 Å². The number of benzene rings is 2. The molecule has 3 aromatic rings. The van der Waals surface area contributed by atoms with Gasteiger partial charge < -0.3 is 15.2 Å². The second-order valence-electron chi connectivity index (χ2n) is 6.22. The van der Waals surface area contributed by atoms with E-state index < -0.39 is 0 Å². The van der Waals surface area contributed by atoms with Crippen LogP contribution in [0.1, 0.15) is 12.7 Å². The summed E-state index contributed by atoms with van der Waals surface area (Å²) in [5, 5.41) is 14.8. The van der Waals surface area contributed by atoms with Gasteiger partial charge in [0.25, 0.3) is 0 Å². The van der Waals surface area contributed by atoms with E-state index in [2.05, 4.69) is 20.8 Å². The van der Waals surface area contributed by atoms with Crippen molar-refractivity contribution >= 4 is 46.6 Å². The largest absolute Gasteiger partial charge is 0.326 e. The van der Waals surface area contributed by atoms with Crippen molar-refractivity contribution in [2.45, 2.75) is 25.0 Å². The Bertz CT molecular complexity index is 1020. The highest BCUT2D eigenvalue weighted by molar-refractivity contribution is 7.99. The Labute approximate surface area is 182 Å². The predicted molar refractivity (Wildman–Crippen MR) is 115 cm³/mol. The highest BCUT2D eigenvalue weighted by Crippen LogP contribution is 2.19. The van der Waals surface area contributed by atoms with E-state index >= 15 is 0 Å². The molecular weight excluding hydrogens is 429 g/mol. The van der Waals surface area contributed by atoms with Crippen LogP contribution in [0.5, 0.6) is 0 Å². The molecule has 2 amide bonds. The van der Waals surface area contributed by atoms with Crippen LogP contribution in [-0.4, -0.2) is 32.3 Å². The van der Waals surface area contributed by atoms with Gasteiger partial charge in [-0.05, 0) is 55.5 Å². The molecule has 0 aliphatic carbocycles. The number of nitrogens with zero attached hydrogens (tertiary/aromatic N) is 3. The van der Waals surface area contributed by atoms with Crippen molar-refractivity contribution in [3.63, 3.8) is 0 Å². The molecule has 10 heteroatoms. The Morgan fingerprint density at radius 3 is 2.23 bits per heavy atom. The molecule has 0 aliphatic heterocycles. The number of anilines is 2. The van der Waals surface area contributed by atoms with Crippen molar-refractivity contribution < 1.29 is 14.0 Å². The number of halogens is 2. The van der Waals surface area contributed by atoms with Gasteiger partial charge in [-0.3, -0.25) is 9.59 Å². The predicted octanol–water partition coefficient (Wildman–Crippen LogP) is 4.00. The lowest BCUT2D eigenvalue weighted by Gasteiger charge is -2.08. The Morgan fingerprint density at radius 2 is 1.60 bits per heavy atom. The Morgan fingerprint density at radius 1 is 1.00 bits per heavy atom. The molecule has 0 spiro atoms. The molecule has 2 N–H and O–H groups in total. The zero-order valence-electron chi connectivity index (χ0n) is 16.1. The maximum atomic E-state index is 12.9. The number of carbonyl (C=O) groups excluding carboxylic acids is 2. The summed E-state index contributed by atoms with van der Waals surface area (Å²) in [6.07, 6.45) is 0.0474. The fourth-order valence-corrected chi connectivity index (χ4v) is 3.56. The Kier molecular flexibility index (Phi) is 7.42. The second kappa shape index (κ2) is 10.2. The summed E-state index contributed by atoms with van der Waals surface area (Å²) in [6.45, 7) is 2.46. The quantitative estimate of drug-likeness (QED) is 0.509. The maximum Gasteiger partial charge on any atom is 0.234 e. The lowest BCUT2D eigenvalue weighted by atomic mass is 10.3. The highest BCUT2D eigenvalue weighted by Gasteiger charge is 2.16. The summed E-state index contributed by atoms with van der Waals surface area (Å²) >= 11 is 7.06. The van der Waals surface area contributed by atoms with Crippen LogP contribution in [0.15, 0.2) is 53.7 Å². The van der Waals surface area contributed by atoms with Crippen LogP contribution in [0, 0.1) is 5.82 Å².